The molecule has 2 aliphatic carbocycles. The van der Waals surface area contributed by atoms with Gasteiger partial charge in [0.15, 0.2) is 0 Å². The molecule has 0 unspecified atom stereocenters. The van der Waals surface area contributed by atoms with Crippen molar-refractivity contribution in [2.24, 2.45) is 5.41 Å². The quantitative estimate of drug-likeness (QED) is 0.559. The number of hydrogen-bond donors (Lipinski definition) is 1. The predicted molar refractivity (Wildman–Crippen MR) is 45.5 cm³/mol. The zero-order valence-corrected chi connectivity index (χ0v) is 7.16. The average Bonchev–Trinajstić information content (AvgIpc) is 2.25. The summed E-state index contributed by atoms with van der Waals surface area (Å²) in [4.78, 5) is 0. The Kier molecular flexibility index (Phi) is 1.07. The van der Waals surface area contributed by atoms with Crippen LogP contribution >= 0.6 is 0 Å². The number of hydrogen-bond acceptors (Lipinski definition) is 1. The summed E-state index contributed by atoms with van der Waals surface area (Å²) in [5, 5.41) is 3.61. The van der Waals surface area contributed by atoms with Gasteiger partial charge in [0, 0.05) is 5.54 Å². The van der Waals surface area contributed by atoms with Gasteiger partial charge in [0.25, 0.3) is 0 Å². The zero-order chi connectivity index (χ0) is 7.36. The molecule has 0 aromatic heterocycles. The molecule has 2 saturated carbocycles. The summed E-state index contributed by atoms with van der Waals surface area (Å²) in [5.41, 5.74) is 1.51. The van der Waals surface area contributed by atoms with Crippen molar-refractivity contribution in [1.82, 2.24) is 5.32 Å². The van der Waals surface area contributed by atoms with Gasteiger partial charge in [-0.3, -0.25) is 0 Å². The van der Waals surface area contributed by atoms with Gasteiger partial charge in [0.2, 0.25) is 0 Å². The molecule has 0 aromatic carbocycles. The highest BCUT2D eigenvalue weighted by molar-refractivity contribution is 5.14. The second-order valence-corrected chi connectivity index (χ2v) is 5.02. The minimum atomic E-state index is 0.671. The molecule has 11 heavy (non-hydrogen) atoms. The molecule has 1 saturated heterocycles. The second-order valence-electron chi connectivity index (χ2n) is 5.02. The van der Waals surface area contributed by atoms with Crippen LogP contribution in [-0.2, 0) is 0 Å². The summed E-state index contributed by atoms with van der Waals surface area (Å²) in [6.07, 6.45) is 10.6. The van der Waals surface area contributed by atoms with Gasteiger partial charge in [-0.05, 0) is 44.1 Å². The van der Waals surface area contributed by atoms with E-state index in [1.165, 1.54) is 51.5 Å². The first-order valence-corrected chi connectivity index (χ1v) is 5.08. The molecule has 1 aliphatic heterocycles. The van der Waals surface area contributed by atoms with Gasteiger partial charge in [-0.1, -0.05) is 12.8 Å². The number of rotatable bonds is 0. The normalized spacial score (nSPS) is 37.1. The molecule has 0 aromatic rings. The maximum Gasteiger partial charge on any atom is 0.0204 e. The predicted octanol–water partition coefficient (Wildman–Crippen LogP) is 2.07. The van der Waals surface area contributed by atoms with Crippen molar-refractivity contribution in [3.05, 3.63) is 0 Å². The maximum atomic E-state index is 3.61. The van der Waals surface area contributed by atoms with Gasteiger partial charge in [0.1, 0.15) is 0 Å². The van der Waals surface area contributed by atoms with Gasteiger partial charge >= 0.3 is 0 Å². The van der Waals surface area contributed by atoms with Crippen LogP contribution in [0.1, 0.15) is 44.9 Å². The Morgan fingerprint density at radius 3 is 2.00 bits per heavy atom. The van der Waals surface area contributed by atoms with Gasteiger partial charge in [-0.25, -0.2) is 0 Å². The van der Waals surface area contributed by atoms with Crippen LogP contribution in [0.15, 0.2) is 0 Å². The van der Waals surface area contributed by atoms with Crippen LogP contribution in [0.25, 0.3) is 0 Å². The molecule has 2 spiro atoms. The standard InChI is InChI=1S/C10H17N/c1-2-4-9(3-1)7-10(8-9)5-6-11-10/h11H,1-8H2. The summed E-state index contributed by atoms with van der Waals surface area (Å²) in [7, 11) is 0. The fourth-order valence-electron chi connectivity index (χ4n) is 3.64. The molecule has 3 fully saturated rings. The van der Waals surface area contributed by atoms with E-state index in [2.05, 4.69) is 5.32 Å². The van der Waals surface area contributed by atoms with Crippen LogP contribution in [-0.4, -0.2) is 12.1 Å². The van der Waals surface area contributed by atoms with Crippen LogP contribution in [0.5, 0.6) is 0 Å². The Bertz CT molecular complexity index is 165. The fraction of sp³-hybridized carbons (Fsp3) is 1.00. The van der Waals surface area contributed by atoms with E-state index in [-0.39, 0.29) is 0 Å². The lowest BCUT2D eigenvalue weighted by molar-refractivity contribution is -0.0379. The molecular weight excluding hydrogens is 134 g/mol. The first-order chi connectivity index (χ1) is 5.33. The second kappa shape index (κ2) is 1.82. The highest BCUT2D eigenvalue weighted by atomic mass is 15.1. The summed E-state index contributed by atoms with van der Waals surface area (Å²) in [5.74, 6) is 0. The first kappa shape index (κ1) is 6.47. The minimum Gasteiger partial charge on any atom is -0.311 e. The van der Waals surface area contributed by atoms with E-state index in [1.54, 1.807) is 0 Å². The van der Waals surface area contributed by atoms with E-state index in [1.807, 2.05) is 0 Å². The van der Waals surface area contributed by atoms with E-state index < -0.39 is 0 Å². The molecule has 1 nitrogen and oxygen atoms in total. The maximum absolute atomic E-state index is 3.61. The molecule has 1 heterocycles. The molecule has 1 heteroatoms. The largest absolute Gasteiger partial charge is 0.311 e. The molecule has 62 valence electrons. The number of nitrogens with one attached hydrogen (secondary N) is 1. The van der Waals surface area contributed by atoms with Crippen molar-refractivity contribution in [1.29, 1.82) is 0 Å². The highest BCUT2D eigenvalue weighted by Crippen LogP contribution is 2.60. The third-order valence-electron chi connectivity index (χ3n) is 4.19. The summed E-state index contributed by atoms with van der Waals surface area (Å²) in [6.45, 7) is 1.29. The molecule has 3 rings (SSSR count). The average molecular weight is 151 g/mol. The van der Waals surface area contributed by atoms with E-state index in [0.717, 1.165) is 5.41 Å². The monoisotopic (exact) mass is 151 g/mol. The Hall–Kier alpha value is -0.0400. The highest BCUT2D eigenvalue weighted by Gasteiger charge is 2.57. The van der Waals surface area contributed by atoms with E-state index in [9.17, 15) is 0 Å². The Balaban J connectivity index is 1.69. The third kappa shape index (κ3) is 0.752. The van der Waals surface area contributed by atoms with Crippen LogP contribution in [0.2, 0.25) is 0 Å². The van der Waals surface area contributed by atoms with Crippen molar-refractivity contribution in [3.8, 4) is 0 Å². The zero-order valence-electron chi connectivity index (χ0n) is 7.16. The topological polar surface area (TPSA) is 12.0 Å². The molecule has 3 aliphatic rings. The molecular formula is C10H17N. The van der Waals surface area contributed by atoms with Crippen LogP contribution in [0.3, 0.4) is 0 Å². The van der Waals surface area contributed by atoms with Crippen LogP contribution in [0, 0.1) is 5.41 Å². The Morgan fingerprint density at radius 2 is 1.55 bits per heavy atom. The lowest BCUT2D eigenvalue weighted by Gasteiger charge is -2.61. The van der Waals surface area contributed by atoms with Crippen molar-refractivity contribution >= 4 is 0 Å². The molecule has 0 amide bonds. The van der Waals surface area contributed by atoms with Crippen LogP contribution < -0.4 is 5.32 Å². The van der Waals surface area contributed by atoms with Gasteiger partial charge in [-0.15, -0.1) is 0 Å². The summed E-state index contributed by atoms with van der Waals surface area (Å²) >= 11 is 0. The van der Waals surface area contributed by atoms with Crippen molar-refractivity contribution in [2.45, 2.75) is 50.5 Å². The van der Waals surface area contributed by atoms with E-state index in [4.69, 9.17) is 0 Å². The smallest absolute Gasteiger partial charge is 0.0204 e. The van der Waals surface area contributed by atoms with Crippen molar-refractivity contribution < 1.29 is 0 Å². The first-order valence-electron chi connectivity index (χ1n) is 5.08. The van der Waals surface area contributed by atoms with Gasteiger partial charge in [-0.2, -0.15) is 0 Å². The third-order valence-corrected chi connectivity index (χ3v) is 4.19. The molecule has 1 N–H and O–H groups in total. The van der Waals surface area contributed by atoms with Crippen molar-refractivity contribution in [2.75, 3.05) is 6.54 Å². The molecule has 0 radical (unpaired) electrons. The van der Waals surface area contributed by atoms with Gasteiger partial charge in [0.05, 0.1) is 0 Å². The van der Waals surface area contributed by atoms with E-state index in [0.29, 0.717) is 5.54 Å². The lowest BCUT2D eigenvalue weighted by atomic mass is 9.53. The fourth-order valence-corrected chi connectivity index (χ4v) is 3.64. The SMILES string of the molecule is C1CCC2(C1)CC1(CCN1)C2. The molecule has 0 atom stereocenters. The molecule has 0 bridgehead atoms. The van der Waals surface area contributed by atoms with E-state index >= 15 is 0 Å². The van der Waals surface area contributed by atoms with Crippen LogP contribution in [0.4, 0.5) is 0 Å². The van der Waals surface area contributed by atoms with Gasteiger partial charge < -0.3 is 5.32 Å². The minimum absolute atomic E-state index is 0.671. The Morgan fingerprint density at radius 1 is 0.909 bits per heavy atom. The Labute approximate surface area is 68.6 Å². The van der Waals surface area contributed by atoms with Crippen molar-refractivity contribution in [3.63, 3.8) is 0 Å². The summed E-state index contributed by atoms with van der Waals surface area (Å²) < 4.78 is 0. The lowest BCUT2D eigenvalue weighted by Crippen LogP contribution is -2.67. The summed E-state index contributed by atoms with van der Waals surface area (Å²) in [6, 6.07) is 0.